The highest BCUT2D eigenvalue weighted by molar-refractivity contribution is 6.32. The normalized spacial score (nSPS) is 12.7. The van der Waals surface area contributed by atoms with E-state index in [4.69, 9.17) is 16.3 Å². The molecule has 0 aromatic heterocycles. The van der Waals surface area contributed by atoms with Crippen LogP contribution in [0.2, 0.25) is 5.02 Å². The average molecular weight is 284 g/mol. The zero-order valence-corrected chi connectivity index (χ0v) is 12.2. The first-order valence-electron chi connectivity index (χ1n) is 5.97. The average Bonchev–Trinajstić information content (AvgIpc) is 2.25. The topological polar surface area (TPSA) is 55.4 Å². The first-order valence-corrected chi connectivity index (χ1v) is 6.35. The number of nitrogens with one attached hydrogen (secondary N) is 1. The quantitative estimate of drug-likeness (QED) is 0.853. The van der Waals surface area contributed by atoms with E-state index in [9.17, 15) is 9.59 Å². The number of carbonyl (C=O) groups is 2. The molecule has 1 rings (SSSR count). The number of rotatable bonds is 3. The SMILES string of the molecule is CC(C=O)c1ccc(NC(=O)OC(C)(C)C)cc1Cl. The number of hydrogen-bond donors (Lipinski definition) is 1. The molecular weight excluding hydrogens is 266 g/mol. The third-order valence-corrected chi connectivity index (χ3v) is 2.67. The van der Waals surface area contributed by atoms with Crippen LogP contribution in [0, 0.1) is 0 Å². The minimum Gasteiger partial charge on any atom is -0.444 e. The number of benzene rings is 1. The van der Waals surface area contributed by atoms with Crippen molar-refractivity contribution in [2.24, 2.45) is 0 Å². The van der Waals surface area contributed by atoms with Gasteiger partial charge >= 0.3 is 6.09 Å². The van der Waals surface area contributed by atoms with Gasteiger partial charge in [-0.05, 0) is 38.5 Å². The first kappa shape index (κ1) is 15.5. The second-order valence-corrected chi connectivity index (χ2v) is 5.70. The maximum absolute atomic E-state index is 11.6. The Morgan fingerprint density at radius 1 is 1.42 bits per heavy atom. The smallest absolute Gasteiger partial charge is 0.412 e. The number of halogens is 1. The summed E-state index contributed by atoms with van der Waals surface area (Å²) in [7, 11) is 0. The number of carbonyl (C=O) groups excluding carboxylic acids is 2. The Bertz CT molecular complexity index is 480. The molecule has 1 unspecified atom stereocenters. The Hall–Kier alpha value is -1.55. The predicted octanol–water partition coefficient (Wildman–Crippen LogP) is 3.99. The molecule has 0 heterocycles. The molecule has 1 aromatic carbocycles. The maximum atomic E-state index is 11.6. The van der Waals surface area contributed by atoms with Gasteiger partial charge in [-0.2, -0.15) is 0 Å². The molecular formula is C14H18ClNO3. The summed E-state index contributed by atoms with van der Waals surface area (Å²) >= 11 is 6.07. The lowest BCUT2D eigenvalue weighted by Crippen LogP contribution is -2.27. The summed E-state index contributed by atoms with van der Waals surface area (Å²) in [5.41, 5.74) is 0.701. The summed E-state index contributed by atoms with van der Waals surface area (Å²) < 4.78 is 5.13. The molecule has 0 aliphatic rings. The fourth-order valence-electron chi connectivity index (χ4n) is 1.47. The van der Waals surface area contributed by atoms with Gasteiger partial charge in [-0.15, -0.1) is 0 Å². The molecule has 104 valence electrons. The standard InChI is InChI=1S/C14H18ClNO3/c1-9(8-17)11-6-5-10(7-12(11)15)16-13(18)19-14(2,3)4/h5-9H,1-4H3,(H,16,18). The maximum Gasteiger partial charge on any atom is 0.412 e. The van der Waals surface area contributed by atoms with Crippen LogP contribution in [0.5, 0.6) is 0 Å². The van der Waals surface area contributed by atoms with E-state index in [0.717, 1.165) is 11.8 Å². The third kappa shape index (κ3) is 4.91. The summed E-state index contributed by atoms with van der Waals surface area (Å²) in [5, 5.41) is 3.03. The van der Waals surface area contributed by atoms with Crippen LogP contribution in [-0.2, 0) is 9.53 Å². The molecule has 1 N–H and O–H groups in total. The van der Waals surface area contributed by atoms with E-state index in [-0.39, 0.29) is 5.92 Å². The van der Waals surface area contributed by atoms with Gasteiger partial charge in [0.15, 0.2) is 0 Å². The fourth-order valence-corrected chi connectivity index (χ4v) is 1.82. The first-order chi connectivity index (χ1) is 8.73. The van der Waals surface area contributed by atoms with E-state index in [0.29, 0.717) is 10.7 Å². The second kappa shape index (κ2) is 6.06. The van der Waals surface area contributed by atoms with Crippen molar-refractivity contribution in [3.63, 3.8) is 0 Å². The van der Waals surface area contributed by atoms with Crippen LogP contribution >= 0.6 is 11.6 Å². The molecule has 1 aromatic rings. The summed E-state index contributed by atoms with van der Waals surface area (Å²) in [6.45, 7) is 7.12. The van der Waals surface area contributed by atoms with Gasteiger partial charge in [0.2, 0.25) is 0 Å². The van der Waals surface area contributed by atoms with E-state index in [1.165, 1.54) is 0 Å². The van der Waals surface area contributed by atoms with Crippen molar-refractivity contribution in [2.75, 3.05) is 5.32 Å². The van der Waals surface area contributed by atoms with Gasteiger partial charge < -0.3 is 9.53 Å². The molecule has 0 spiro atoms. The minimum absolute atomic E-state index is 0.275. The van der Waals surface area contributed by atoms with Crippen LogP contribution < -0.4 is 5.32 Å². The van der Waals surface area contributed by atoms with Crippen LogP contribution in [0.4, 0.5) is 10.5 Å². The summed E-state index contributed by atoms with van der Waals surface area (Å²) in [6, 6.07) is 5.00. The Kier molecular flexibility index (Phi) is 4.95. The van der Waals surface area contributed by atoms with Crippen LogP contribution in [-0.4, -0.2) is 18.0 Å². The lowest BCUT2D eigenvalue weighted by molar-refractivity contribution is -0.108. The van der Waals surface area contributed by atoms with E-state index in [1.807, 2.05) is 0 Å². The molecule has 19 heavy (non-hydrogen) atoms. The van der Waals surface area contributed by atoms with Crippen molar-refractivity contribution in [3.8, 4) is 0 Å². The van der Waals surface area contributed by atoms with Crippen molar-refractivity contribution in [1.82, 2.24) is 0 Å². The van der Waals surface area contributed by atoms with E-state index in [2.05, 4.69) is 5.32 Å². The molecule has 0 aliphatic carbocycles. The van der Waals surface area contributed by atoms with Crippen LogP contribution in [0.25, 0.3) is 0 Å². The predicted molar refractivity (Wildman–Crippen MR) is 75.8 cm³/mol. The highest BCUT2D eigenvalue weighted by Crippen LogP contribution is 2.26. The molecule has 1 amide bonds. The number of anilines is 1. The molecule has 1 atom stereocenters. The molecule has 4 nitrogen and oxygen atoms in total. The minimum atomic E-state index is -0.556. The van der Waals surface area contributed by atoms with Crippen molar-refractivity contribution >= 4 is 29.7 Å². The second-order valence-electron chi connectivity index (χ2n) is 5.29. The largest absolute Gasteiger partial charge is 0.444 e. The highest BCUT2D eigenvalue weighted by atomic mass is 35.5. The van der Waals surface area contributed by atoms with Crippen LogP contribution in [0.1, 0.15) is 39.2 Å². The summed E-state index contributed by atoms with van der Waals surface area (Å²) in [5.74, 6) is -0.275. The summed E-state index contributed by atoms with van der Waals surface area (Å²) in [6.07, 6.45) is 0.280. The van der Waals surface area contributed by atoms with Crippen molar-refractivity contribution in [1.29, 1.82) is 0 Å². The highest BCUT2D eigenvalue weighted by Gasteiger charge is 2.17. The van der Waals surface area contributed by atoms with Crippen LogP contribution in [0.15, 0.2) is 18.2 Å². The lowest BCUT2D eigenvalue weighted by Gasteiger charge is -2.20. The Labute approximate surface area is 118 Å². The Balaban J connectivity index is 2.79. The molecule has 0 saturated carbocycles. The van der Waals surface area contributed by atoms with Crippen molar-refractivity contribution in [2.45, 2.75) is 39.2 Å². The number of ether oxygens (including phenoxy) is 1. The van der Waals surface area contributed by atoms with Gasteiger partial charge in [-0.1, -0.05) is 24.6 Å². The monoisotopic (exact) mass is 283 g/mol. The Morgan fingerprint density at radius 3 is 2.53 bits per heavy atom. The third-order valence-electron chi connectivity index (χ3n) is 2.34. The van der Waals surface area contributed by atoms with Gasteiger partial charge in [-0.25, -0.2) is 4.79 Å². The number of amides is 1. The molecule has 0 saturated heterocycles. The summed E-state index contributed by atoms with van der Waals surface area (Å²) in [4.78, 5) is 22.3. The molecule has 0 aliphatic heterocycles. The number of hydrogen-bond acceptors (Lipinski definition) is 3. The van der Waals surface area contributed by atoms with Crippen molar-refractivity contribution < 1.29 is 14.3 Å². The van der Waals surface area contributed by atoms with Gasteiger partial charge in [0.1, 0.15) is 11.9 Å². The van der Waals surface area contributed by atoms with Crippen LogP contribution in [0.3, 0.4) is 0 Å². The zero-order chi connectivity index (χ0) is 14.6. The van der Waals surface area contributed by atoms with Crippen molar-refractivity contribution in [3.05, 3.63) is 28.8 Å². The number of aldehydes is 1. The van der Waals surface area contributed by atoms with E-state index in [1.54, 1.807) is 45.9 Å². The van der Waals surface area contributed by atoms with E-state index >= 15 is 0 Å². The Morgan fingerprint density at radius 2 is 2.05 bits per heavy atom. The molecule has 0 bridgehead atoms. The zero-order valence-electron chi connectivity index (χ0n) is 11.5. The molecule has 0 radical (unpaired) electrons. The fraction of sp³-hybridized carbons (Fsp3) is 0.429. The van der Waals surface area contributed by atoms with Gasteiger partial charge in [-0.3, -0.25) is 5.32 Å². The lowest BCUT2D eigenvalue weighted by atomic mass is 10.0. The van der Waals surface area contributed by atoms with E-state index < -0.39 is 11.7 Å². The van der Waals surface area contributed by atoms with Gasteiger partial charge in [0.05, 0.1) is 0 Å². The van der Waals surface area contributed by atoms with Gasteiger partial charge in [0.25, 0.3) is 0 Å². The molecule has 5 heteroatoms. The molecule has 0 fully saturated rings. The van der Waals surface area contributed by atoms with Gasteiger partial charge in [0, 0.05) is 16.6 Å².